The maximum Gasteiger partial charge on any atom is 0.317 e. The Morgan fingerprint density at radius 2 is 2.08 bits per heavy atom. The molecule has 0 bridgehead atoms. The molecule has 1 aliphatic carbocycles. The molecule has 1 saturated carbocycles. The maximum atomic E-state index is 10.9. The number of benzene rings is 1. The van der Waals surface area contributed by atoms with Gasteiger partial charge in [-0.05, 0) is 50.9 Å². The van der Waals surface area contributed by atoms with Crippen LogP contribution in [0.2, 0.25) is 0 Å². The highest BCUT2D eigenvalue weighted by Gasteiger charge is 2.33. The molecule has 0 atom stereocenters. The number of nitrogens with zero attached hydrogens (tertiary/aromatic N) is 1. The summed E-state index contributed by atoms with van der Waals surface area (Å²) < 4.78 is 11.2. The first-order valence-corrected chi connectivity index (χ1v) is 8.95. The fraction of sp³-hybridized carbons (Fsp3) is 0.632. The van der Waals surface area contributed by atoms with E-state index in [4.69, 9.17) is 14.6 Å². The van der Waals surface area contributed by atoms with Crippen molar-refractivity contribution >= 4 is 5.97 Å². The minimum atomic E-state index is -0.755. The number of ether oxygens (including phenoxy) is 2. The fourth-order valence-corrected chi connectivity index (χ4v) is 3.16. The Morgan fingerprint density at radius 3 is 2.64 bits per heavy atom. The summed E-state index contributed by atoms with van der Waals surface area (Å²) in [6.45, 7) is 7.66. The van der Waals surface area contributed by atoms with E-state index in [1.165, 1.54) is 0 Å². The molecule has 0 saturated heterocycles. The lowest BCUT2D eigenvalue weighted by molar-refractivity contribution is -0.139. The Hall–Kier alpha value is -1.79. The van der Waals surface area contributed by atoms with Gasteiger partial charge in [0.05, 0.1) is 19.8 Å². The van der Waals surface area contributed by atoms with Gasteiger partial charge in [-0.25, -0.2) is 0 Å². The summed E-state index contributed by atoms with van der Waals surface area (Å²) in [5.41, 5.74) is 1.15. The molecule has 1 aromatic rings. The number of carbonyl (C=O) groups is 1. The van der Waals surface area contributed by atoms with E-state index >= 15 is 0 Å². The molecule has 140 valence electrons. The van der Waals surface area contributed by atoms with Crippen LogP contribution in [-0.2, 0) is 11.3 Å². The third kappa shape index (κ3) is 5.61. The molecule has 0 aromatic heterocycles. The summed E-state index contributed by atoms with van der Waals surface area (Å²) in [5.74, 6) is 0.754. The standard InChI is InChI=1S/C19H30N2O4/c1-5-21(12-19(22)23)16-9-15(10-16)20-11-14-6-7-17(25-13(2)3)18(8-14)24-4/h6-8,13,15-16,20H,5,9-12H2,1-4H3,(H,22,23). The molecule has 1 fully saturated rings. The predicted octanol–water partition coefficient (Wildman–Crippen LogP) is 2.51. The second-order valence-electron chi connectivity index (χ2n) is 6.81. The van der Waals surface area contributed by atoms with Gasteiger partial charge >= 0.3 is 5.97 Å². The van der Waals surface area contributed by atoms with Gasteiger partial charge in [-0.1, -0.05) is 13.0 Å². The molecule has 0 amide bonds. The molecule has 0 radical (unpaired) electrons. The zero-order chi connectivity index (χ0) is 18.4. The molecule has 6 heteroatoms. The minimum Gasteiger partial charge on any atom is -0.493 e. The van der Waals surface area contributed by atoms with Crippen LogP contribution in [0.4, 0.5) is 0 Å². The van der Waals surface area contributed by atoms with Crippen molar-refractivity contribution in [2.45, 2.75) is 58.3 Å². The van der Waals surface area contributed by atoms with Crippen LogP contribution in [0, 0.1) is 0 Å². The SMILES string of the molecule is CCN(CC(=O)O)C1CC(NCc2ccc(OC(C)C)c(OC)c2)C1. The molecule has 1 aliphatic rings. The van der Waals surface area contributed by atoms with Crippen molar-refractivity contribution < 1.29 is 19.4 Å². The number of methoxy groups -OCH3 is 1. The first-order valence-electron chi connectivity index (χ1n) is 8.95. The topological polar surface area (TPSA) is 71.0 Å². The number of rotatable bonds is 10. The van der Waals surface area contributed by atoms with Crippen LogP contribution in [0.1, 0.15) is 39.2 Å². The third-order valence-electron chi connectivity index (χ3n) is 4.56. The second-order valence-corrected chi connectivity index (χ2v) is 6.81. The predicted molar refractivity (Wildman–Crippen MR) is 97.3 cm³/mol. The molecule has 1 aromatic carbocycles. The molecule has 2 N–H and O–H groups in total. The Balaban J connectivity index is 1.82. The average Bonchev–Trinajstić information content (AvgIpc) is 2.52. The van der Waals surface area contributed by atoms with Gasteiger partial charge in [0.2, 0.25) is 0 Å². The van der Waals surface area contributed by atoms with E-state index in [0.29, 0.717) is 12.1 Å². The zero-order valence-corrected chi connectivity index (χ0v) is 15.6. The van der Waals surface area contributed by atoms with E-state index in [1.807, 2.05) is 43.9 Å². The molecule has 6 nitrogen and oxygen atoms in total. The van der Waals surface area contributed by atoms with Crippen LogP contribution >= 0.6 is 0 Å². The fourth-order valence-electron chi connectivity index (χ4n) is 3.16. The largest absolute Gasteiger partial charge is 0.493 e. The highest BCUT2D eigenvalue weighted by atomic mass is 16.5. The van der Waals surface area contributed by atoms with Crippen LogP contribution < -0.4 is 14.8 Å². The van der Waals surface area contributed by atoms with E-state index < -0.39 is 5.97 Å². The highest BCUT2D eigenvalue weighted by Crippen LogP contribution is 2.30. The summed E-state index contributed by atoms with van der Waals surface area (Å²) >= 11 is 0. The van der Waals surface area contributed by atoms with Crippen LogP contribution in [0.15, 0.2) is 18.2 Å². The maximum absolute atomic E-state index is 10.9. The van der Waals surface area contributed by atoms with E-state index in [0.717, 1.165) is 43.0 Å². The molecule has 0 heterocycles. The number of nitrogens with one attached hydrogen (secondary N) is 1. The van der Waals surface area contributed by atoms with E-state index in [-0.39, 0.29) is 12.6 Å². The van der Waals surface area contributed by atoms with Crippen LogP contribution in [-0.4, -0.2) is 54.4 Å². The minimum absolute atomic E-state index is 0.108. The zero-order valence-electron chi connectivity index (χ0n) is 15.6. The van der Waals surface area contributed by atoms with Crippen LogP contribution in [0.3, 0.4) is 0 Å². The number of aliphatic carboxylic acids is 1. The average molecular weight is 350 g/mol. The first-order chi connectivity index (χ1) is 11.9. The van der Waals surface area contributed by atoms with E-state index in [2.05, 4.69) is 5.32 Å². The highest BCUT2D eigenvalue weighted by molar-refractivity contribution is 5.69. The quantitative estimate of drug-likeness (QED) is 0.676. The molecule has 0 spiro atoms. The lowest BCUT2D eigenvalue weighted by Crippen LogP contribution is -2.53. The third-order valence-corrected chi connectivity index (χ3v) is 4.56. The Kier molecular flexibility index (Phi) is 7.08. The van der Waals surface area contributed by atoms with Gasteiger partial charge in [0, 0.05) is 18.6 Å². The number of likely N-dealkylation sites (N-methyl/N-ethyl adjacent to an activating group) is 1. The van der Waals surface area contributed by atoms with E-state index in [9.17, 15) is 4.79 Å². The van der Waals surface area contributed by atoms with Gasteiger partial charge in [-0.15, -0.1) is 0 Å². The Morgan fingerprint density at radius 1 is 1.36 bits per heavy atom. The molecule has 2 rings (SSSR count). The number of hydrogen-bond acceptors (Lipinski definition) is 5. The van der Waals surface area contributed by atoms with Crippen molar-refractivity contribution in [1.29, 1.82) is 0 Å². The number of hydrogen-bond donors (Lipinski definition) is 2. The Bertz CT molecular complexity index is 571. The van der Waals surface area contributed by atoms with Crippen molar-refractivity contribution in [1.82, 2.24) is 10.2 Å². The second kappa shape index (κ2) is 9.06. The van der Waals surface area contributed by atoms with Crippen LogP contribution in [0.5, 0.6) is 11.5 Å². The molecule has 0 unspecified atom stereocenters. The molecular formula is C19H30N2O4. The lowest BCUT2D eigenvalue weighted by Gasteiger charge is -2.42. The van der Waals surface area contributed by atoms with Gasteiger partial charge < -0.3 is 19.9 Å². The van der Waals surface area contributed by atoms with Crippen LogP contribution in [0.25, 0.3) is 0 Å². The van der Waals surface area contributed by atoms with Crippen molar-refractivity contribution in [2.24, 2.45) is 0 Å². The number of carboxylic acids is 1. The molecular weight excluding hydrogens is 320 g/mol. The van der Waals surface area contributed by atoms with Crippen molar-refractivity contribution in [2.75, 3.05) is 20.2 Å². The van der Waals surface area contributed by atoms with Crippen molar-refractivity contribution in [3.63, 3.8) is 0 Å². The van der Waals surface area contributed by atoms with Gasteiger partial charge in [-0.2, -0.15) is 0 Å². The molecule has 25 heavy (non-hydrogen) atoms. The monoisotopic (exact) mass is 350 g/mol. The summed E-state index contributed by atoms with van der Waals surface area (Å²) in [5, 5.41) is 12.5. The van der Waals surface area contributed by atoms with E-state index in [1.54, 1.807) is 7.11 Å². The molecule has 0 aliphatic heterocycles. The van der Waals surface area contributed by atoms with Gasteiger partial charge in [0.15, 0.2) is 11.5 Å². The van der Waals surface area contributed by atoms with Crippen molar-refractivity contribution in [3.05, 3.63) is 23.8 Å². The lowest BCUT2D eigenvalue weighted by atomic mass is 9.85. The summed E-state index contributed by atoms with van der Waals surface area (Å²) in [6, 6.07) is 6.81. The van der Waals surface area contributed by atoms with Gasteiger partial charge in [-0.3, -0.25) is 9.69 Å². The summed E-state index contributed by atoms with van der Waals surface area (Å²) in [4.78, 5) is 12.9. The first kappa shape index (κ1) is 19.5. The van der Waals surface area contributed by atoms with Gasteiger partial charge in [0.1, 0.15) is 0 Å². The Labute approximate surface area is 150 Å². The van der Waals surface area contributed by atoms with Gasteiger partial charge in [0.25, 0.3) is 0 Å². The smallest absolute Gasteiger partial charge is 0.317 e. The summed E-state index contributed by atoms with van der Waals surface area (Å²) in [7, 11) is 1.65. The normalized spacial score (nSPS) is 19.8. The van der Waals surface area contributed by atoms with Crippen molar-refractivity contribution in [3.8, 4) is 11.5 Å². The summed E-state index contributed by atoms with van der Waals surface area (Å²) in [6.07, 6.45) is 2.09. The number of carboxylic acid groups (broad SMARTS) is 1.